The first-order chi connectivity index (χ1) is 13.6. The number of hydrogen-bond acceptors (Lipinski definition) is 7. The maximum atomic E-state index is 10.7. The molecule has 0 fully saturated rings. The van der Waals surface area contributed by atoms with E-state index in [0.717, 1.165) is 10.9 Å². The molecule has 0 aliphatic heterocycles. The number of methoxy groups -OCH3 is 1. The molecule has 0 aliphatic carbocycles. The minimum absolute atomic E-state index is 0.185. The summed E-state index contributed by atoms with van der Waals surface area (Å²) in [6.07, 6.45) is 0.197. The van der Waals surface area contributed by atoms with Gasteiger partial charge in [-0.1, -0.05) is 12.1 Å². The van der Waals surface area contributed by atoms with Crippen LogP contribution in [0.15, 0.2) is 42.5 Å². The molecule has 0 spiro atoms. The highest BCUT2D eigenvalue weighted by molar-refractivity contribution is 5.94. The van der Waals surface area contributed by atoms with Crippen LogP contribution in [0.3, 0.4) is 0 Å². The van der Waals surface area contributed by atoms with Gasteiger partial charge < -0.3 is 25.7 Å². The third-order valence-corrected chi connectivity index (χ3v) is 4.02. The molecule has 146 valence electrons. The van der Waals surface area contributed by atoms with E-state index in [2.05, 4.69) is 9.97 Å². The molecular weight excluding hydrogens is 360 g/mol. The van der Waals surface area contributed by atoms with Crippen LogP contribution in [0.4, 0.5) is 5.95 Å². The summed E-state index contributed by atoms with van der Waals surface area (Å²) in [5.74, 6) is 1.17. The fourth-order valence-corrected chi connectivity index (χ4v) is 2.70. The molecule has 4 N–H and O–H groups in total. The van der Waals surface area contributed by atoms with Crippen molar-refractivity contribution in [1.29, 1.82) is 0 Å². The number of amides is 1. The predicted octanol–water partition coefficient (Wildman–Crippen LogP) is 2.16. The van der Waals surface area contributed by atoms with E-state index >= 15 is 0 Å². The Morgan fingerprint density at radius 2 is 1.89 bits per heavy atom. The average molecular weight is 382 g/mol. The first-order valence-corrected chi connectivity index (χ1v) is 8.77. The van der Waals surface area contributed by atoms with Crippen molar-refractivity contribution in [2.24, 2.45) is 5.73 Å². The van der Waals surface area contributed by atoms with Crippen LogP contribution in [0.1, 0.15) is 6.42 Å². The van der Waals surface area contributed by atoms with Crippen LogP contribution in [0, 0.1) is 0 Å². The predicted molar refractivity (Wildman–Crippen MR) is 106 cm³/mol. The maximum absolute atomic E-state index is 10.7. The molecule has 0 radical (unpaired) electrons. The second-order valence-corrected chi connectivity index (χ2v) is 6.02. The molecule has 3 rings (SSSR count). The van der Waals surface area contributed by atoms with Gasteiger partial charge >= 0.3 is 0 Å². The first-order valence-electron chi connectivity index (χ1n) is 8.77. The Kier molecular flexibility index (Phi) is 6.23. The second kappa shape index (κ2) is 9.01. The molecule has 0 bridgehead atoms. The van der Waals surface area contributed by atoms with Crippen LogP contribution in [-0.4, -0.2) is 42.8 Å². The highest BCUT2D eigenvalue weighted by Gasteiger charge is 2.10. The lowest BCUT2D eigenvalue weighted by Crippen LogP contribution is -2.15. The van der Waals surface area contributed by atoms with Gasteiger partial charge in [0.05, 0.1) is 31.5 Å². The van der Waals surface area contributed by atoms with Crippen LogP contribution in [0.5, 0.6) is 11.5 Å². The van der Waals surface area contributed by atoms with Crippen molar-refractivity contribution in [3.8, 4) is 22.8 Å². The summed E-state index contributed by atoms with van der Waals surface area (Å²) in [4.78, 5) is 19.4. The van der Waals surface area contributed by atoms with E-state index in [1.165, 1.54) is 0 Å². The van der Waals surface area contributed by atoms with E-state index in [0.29, 0.717) is 35.9 Å². The van der Waals surface area contributed by atoms with Gasteiger partial charge in [0.1, 0.15) is 18.1 Å². The van der Waals surface area contributed by atoms with Crippen molar-refractivity contribution in [1.82, 2.24) is 9.97 Å². The zero-order valence-electron chi connectivity index (χ0n) is 15.6. The molecule has 3 aromatic rings. The van der Waals surface area contributed by atoms with Crippen LogP contribution in [-0.2, 0) is 9.53 Å². The van der Waals surface area contributed by atoms with Crippen LogP contribution < -0.4 is 20.9 Å². The number of rotatable bonds is 9. The van der Waals surface area contributed by atoms with Gasteiger partial charge in [0.15, 0.2) is 0 Å². The van der Waals surface area contributed by atoms with Gasteiger partial charge in [0, 0.05) is 23.4 Å². The molecule has 8 heteroatoms. The summed E-state index contributed by atoms with van der Waals surface area (Å²) in [6.45, 7) is 1.00. The molecule has 0 aliphatic rings. The number of carbonyl (C=O) groups excluding carboxylic acids is 1. The van der Waals surface area contributed by atoms with Gasteiger partial charge in [-0.2, -0.15) is 0 Å². The van der Waals surface area contributed by atoms with E-state index in [9.17, 15) is 4.79 Å². The van der Waals surface area contributed by atoms with Crippen molar-refractivity contribution in [3.63, 3.8) is 0 Å². The maximum Gasteiger partial charge on any atom is 0.221 e. The number of aromatic nitrogens is 2. The molecule has 0 saturated heterocycles. The number of ether oxygens (including phenoxy) is 3. The average Bonchev–Trinajstić information content (AvgIpc) is 2.69. The molecule has 1 amide bonds. The standard InChI is InChI=1S/C20H22N4O4/c1-26-14-5-6-16-17(12-14)23-20(22)24-19(16)13-3-2-4-15(11-13)28-10-9-27-8-7-18(21)25/h2-6,11-12H,7-10H2,1H3,(H2,21,25)(H2,22,23,24). The smallest absolute Gasteiger partial charge is 0.221 e. The van der Waals surface area contributed by atoms with Crippen molar-refractivity contribution < 1.29 is 19.0 Å². The third kappa shape index (κ3) is 4.86. The largest absolute Gasteiger partial charge is 0.497 e. The molecule has 28 heavy (non-hydrogen) atoms. The van der Waals surface area contributed by atoms with E-state index < -0.39 is 0 Å². The van der Waals surface area contributed by atoms with E-state index in [4.69, 9.17) is 25.7 Å². The molecule has 1 heterocycles. The number of anilines is 1. The Balaban J connectivity index is 1.75. The molecule has 0 unspecified atom stereocenters. The number of nitrogens with two attached hydrogens (primary N) is 2. The molecule has 1 aromatic heterocycles. The Hall–Kier alpha value is -3.39. The molecule has 0 atom stereocenters. The summed E-state index contributed by atoms with van der Waals surface area (Å²) in [5.41, 5.74) is 13.2. The zero-order chi connectivity index (χ0) is 19.9. The topological polar surface area (TPSA) is 123 Å². The highest BCUT2D eigenvalue weighted by Crippen LogP contribution is 2.30. The number of fused-ring (bicyclic) bond motifs is 1. The highest BCUT2D eigenvalue weighted by atomic mass is 16.5. The van der Waals surface area contributed by atoms with E-state index in [1.807, 2.05) is 42.5 Å². The van der Waals surface area contributed by atoms with Crippen molar-refractivity contribution >= 4 is 22.8 Å². The first kappa shape index (κ1) is 19.4. The fraction of sp³-hybridized carbons (Fsp3) is 0.250. The van der Waals surface area contributed by atoms with Crippen LogP contribution in [0.25, 0.3) is 22.2 Å². The number of primary amides is 1. The second-order valence-electron chi connectivity index (χ2n) is 6.02. The van der Waals surface area contributed by atoms with Crippen molar-refractivity contribution in [2.45, 2.75) is 6.42 Å². The van der Waals surface area contributed by atoms with Gasteiger partial charge in [-0.15, -0.1) is 0 Å². The summed E-state index contributed by atoms with van der Waals surface area (Å²) in [7, 11) is 1.60. The normalized spacial score (nSPS) is 10.8. The zero-order valence-corrected chi connectivity index (χ0v) is 15.6. The summed E-state index contributed by atoms with van der Waals surface area (Å²) in [6, 6.07) is 13.1. The van der Waals surface area contributed by atoms with Gasteiger partial charge in [-0.25, -0.2) is 9.97 Å². The number of nitrogens with zero attached hydrogens (tertiary/aromatic N) is 2. The quantitative estimate of drug-likeness (QED) is 0.544. The van der Waals surface area contributed by atoms with Gasteiger partial charge in [-0.3, -0.25) is 4.79 Å². The molecule has 8 nitrogen and oxygen atoms in total. The summed E-state index contributed by atoms with van der Waals surface area (Å²) < 4.78 is 16.3. The Morgan fingerprint density at radius 1 is 1.04 bits per heavy atom. The Labute approximate surface area is 162 Å². The Bertz CT molecular complexity index is 978. The number of carbonyl (C=O) groups is 1. The van der Waals surface area contributed by atoms with E-state index in [1.54, 1.807) is 7.11 Å². The molecule has 2 aromatic carbocycles. The third-order valence-electron chi connectivity index (χ3n) is 4.02. The lowest BCUT2D eigenvalue weighted by atomic mass is 10.1. The summed E-state index contributed by atoms with van der Waals surface area (Å²) in [5, 5.41) is 0.863. The van der Waals surface area contributed by atoms with Crippen molar-refractivity contribution in [3.05, 3.63) is 42.5 Å². The fourth-order valence-electron chi connectivity index (χ4n) is 2.70. The molecule has 0 saturated carbocycles. The SMILES string of the molecule is COc1ccc2c(-c3cccc(OCCOCCC(N)=O)c3)nc(N)nc2c1. The van der Waals surface area contributed by atoms with Gasteiger partial charge in [0.2, 0.25) is 11.9 Å². The lowest BCUT2D eigenvalue weighted by Gasteiger charge is -2.11. The van der Waals surface area contributed by atoms with Crippen LogP contribution >= 0.6 is 0 Å². The van der Waals surface area contributed by atoms with Gasteiger partial charge in [0.25, 0.3) is 0 Å². The van der Waals surface area contributed by atoms with Crippen LogP contribution in [0.2, 0.25) is 0 Å². The Morgan fingerprint density at radius 3 is 2.68 bits per heavy atom. The lowest BCUT2D eigenvalue weighted by molar-refractivity contribution is -0.119. The number of benzene rings is 2. The minimum atomic E-state index is -0.386. The van der Waals surface area contributed by atoms with E-state index in [-0.39, 0.29) is 24.9 Å². The summed E-state index contributed by atoms with van der Waals surface area (Å²) >= 11 is 0. The number of nitrogen functional groups attached to an aromatic ring is 1. The molecular formula is C20H22N4O4. The van der Waals surface area contributed by atoms with Gasteiger partial charge in [-0.05, 0) is 24.3 Å². The minimum Gasteiger partial charge on any atom is -0.497 e. The monoisotopic (exact) mass is 382 g/mol. The van der Waals surface area contributed by atoms with Crippen molar-refractivity contribution in [2.75, 3.05) is 32.7 Å². The number of hydrogen-bond donors (Lipinski definition) is 2.